The smallest absolute Gasteiger partial charge is 0.121 e. The summed E-state index contributed by atoms with van der Waals surface area (Å²) in [5.74, 6) is 2.35. The molecule has 3 aromatic rings. The minimum Gasteiger partial charge on any atom is -0.496 e. The number of alkyl halides is 1. The third-order valence-corrected chi connectivity index (χ3v) is 3.67. The maximum absolute atomic E-state index is 5.91. The molecule has 2 heterocycles. The molecule has 0 aliphatic rings. The molecule has 0 aliphatic carbocycles. The Kier molecular flexibility index (Phi) is 3.80. The van der Waals surface area contributed by atoms with Crippen LogP contribution in [0.4, 0.5) is 0 Å². The van der Waals surface area contributed by atoms with Crippen LogP contribution in [0.2, 0.25) is 0 Å². The van der Waals surface area contributed by atoms with E-state index in [2.05, 4.69) is 20.6 Å². The van der Waals surface area contributed by atoms with Crippen LogP contribution in [0.3, 0.4) is 0 Å². The molecule has 0 spiro atoms. The van der Waals surface area contributed by atoms with E-state index in [-0.39, 0.29) is 0 Å². The first kappa shape index (κ1) is 13.9. The Morgan fingerprint density at radius 1 is 1.29 bits per heavy atom. The van der Waals surface area contributed by atoms with E-state index < -0.39 is 0 Å². The molecule has 21 heavy (non-hydrogen) atoms. The molecule has 0 fully saturated rings. The number of aryl methyl sites for hydroxylation is 2. The molecule has 0 N–H and O–H groups in total. The molecule has 0 bridgehead atoms. The van der Waals surface area contributed by atoms with Gasteiger partial charge in [-0.15, -0.1) is 11.6 Å². The molecule has 1 aromatic carbocycles. The van der Waals surface area contributed by atoms with E-state index in [0.717, 1.165) is 33.9 Å². The number of aromatic nitrogens is 3. The summed E-state index contributed by atoms with van der Waals surface area (Å²) in [5, 5.41) is 0. The fourth-order valence-electron chi connectivity index (χ4n) is 2.52. The fourth-order valence-corrected chi connectivity index (χ4v) is 2.69. The summed E-state index contributed by atoms with van der Waals surface area (Å²) in [7, 11) is 1.68. The molecule has 0 radical (unpaired) electrons. The van der Waals surface area contributed by atoms with Gasteiger partial charge in [0, 0.05) is 24.2 Å². The average Bonchev–Trinajstić information content (AvgIpc) is 2.85. The van der Waals surface area contributed by atoms with Crippen molar-refractivity contribution in [2.75, 3.05) is 13.0 Å². The lowest BCUT2D eigenvalue weighted by Crippen LogP contribution is -2.03. The van der Waals surface area contributed by atoms with Crippen LogP contribution in [0.1, 0.15) is 11.4 Å². The van der Waals surface area contributed by atoms with Crippen LogP contribution in [-0.4, -0.2) is 27.5 Å². The van der Waals surface area contributed by atoms with Crippen LogP contribution >= 0.6 is 11.6 Å². The second kappa shape index (κ2) is 5.74. The standard InChI is InChI=1S/C16H16ClN3O/c1-11-9-12(3-4-15(11)21-2)20-14-6-8-18-10-13(14)19-16(20)5-7-17/h3-4,6,8-10H,5,7H2,1-2H3. The third-order valence-electron chi connectivity index (χ3n) is 3.48. The lowest BCUT2D eigenvalue weighted by atomic mass is 10.2. The van der Waals surface area contributed by atoms with Crippen molar-refractivity contribution in [2.45, 2.75) is 13.3 Å². The average molecular weight is 302 g/mol. The Morgan fingerprint density at radius 3 is 2.86 bits per heavy atom. The first-order valence-corrected chi connectivity index (χ1v) is 7.30. The number of pyridine rings is 1. The van der Waals surface area contributed by atoms with Gasteiger partial charge < -0.3 is 4.74 Å². The summed E-state index contributed by atoms with van der Waals surface area (Å²) in [6, 6.07) is 8.07. The molecule has 0 atom stereocenters. The van der Waals surface area contributed by atoms with Crippen molar-refractivity contribution < 1.29 is 4.74 Å². The Hall–Kier alpha value is -2.07. The minimum atomic E-state index is 0.534. The predicted molar refractivity (Wildman–Crippen MR) is 84.6 cm³/mol. The number of imidazole rings is 1. The Morgan fingerprint density at radius 2 is 2.14 bits per heavy atom. The Bertz CT molecular complexity index is 782. The number of fused-ring (bicyclic) bond motifs is 1. The maximum atomic E-state index is 5.91. The van der Waals surface area contributed by atoms with Gasteiger partial charge in [0.25, 0.3) is 0 Å². The highest BCUT2D eigenvalue weighted by molar-refractivity contribution is 6.17. The van der Waals surface area contributed by atoms with Crippen molar-refractivity contribution >= 4 is 22.6 Å². The van der Waals surface area contributed by atoms with Gasteiger partial charge in [-0.1, -0.05) is 0 Å². The monoisotopic (exact) mass is 301 g/mol. The summed E-state index contributed by atoms with van der Waals surface area (Å²) in [6.07, 6.45) is 4.27. The van der Waals surface area contributed by atoms with E-state index in [1.807, 2.05) is 25.1 Å². The summed E-state index contributed by atoms with van der Waals surface area (Å²) in [6.45, 7) is 2.03. The van der Waals surface area contributed by atoms with Gasteiger partial charge >= 0.3 is 0 Å². The van der Waals surface area contributed by atoms with Crippen molar-refractivity contribution in [3.63, 3.8) is 0 Å². The van der Waals surface area contributed by atoms with E-state index in [1.54, 1.807) is 19.5 Å². The summed E-state index contributed by atoms with van der Waals surface area (Å²) < 4.78 is 7.46. The quantitative estimate of drug-likeness (QED) is 0.692. The van der Waals surface area contributed by atoms with Gasteiger partial charge in [0.1, 0.15) is 17.1 Å². The zero-order chi connectivity index (χ0) is 14.8. The van der Waals surface area contributed by atoms with E-state index in [9.17, 15) is 0 Å². The third kappa shape index (κ3) is 2.47. The van der Waals surface area contributed by atoms with Crippen molar-refractivity contribution in [1.82, 2.24) is 14.5 Å². The molecule has 0 amide bonds. The van der Waals surface area contributed by atoms with Crippen LogP contribution in [0.25, 0.3) is 16.7 Å². The topological polar surface area (TPSA) is 39.9 Å². The van der Waals surface area contributed by atoms with Crippen LogP contribution in [0.5, 0.6) is 5.75 Å². The molecule has 108 valence electrons. The number of hydrogen-bond acceptors (Lipinski definition) is 3. The largest absolute Gasteiger partial charge is 0.496 e. The van der Waals surface area contributed by atoms with E-state index in [0.29, 0.717) is 12.3 Å². The Labute approximate surface area is 128 Å². The van der Waals surface area contributed by atoms with Crippen LogP contribution < -0.4 is 4.74 Å². The zero-order valence-corrected chi connectivity index (χ0v) is 12.8. The molecule has 2 aromatic heterocycles. The number of ether oxygens (including phenoxy) is 1. The van der Waals surface area contributed by atoms with Crippen LogP contribution in [0.15, 0.2) is 36.7 Å². The van der Waals surface area contributed by atoms with Gasteiger partial charge in [-0.2, -0.15) is 0 Å². The number of rotatable bonds is 4. The highest BCUT2D eigenvalue weighted by Gasteiger charge is 2.13. The minimum absolute atomic E-state index is 0.534. The Balaban J connectivity index is 2.22. The lowest BCUT2D eigenvalue weighted by molar-refractivity contribution is 0.411. The zero-order valence-electron chi connectivity index (χ0n) is 12.0. The summed E-state index contributed by atoms with van der Waals surface area (Å²) in [5.41, 5.74) is 4.06. The molecule has 0 aliphatic heterocycles. The second-order valence-corrected chi connectivity index (χ2v) is 5.20. The summed E-state index contributed by atoms with van der Waals surface area (Å²) >= 11 is 5.91. The highest BCUT2D eigenvalue weighted by atomic mass is 35.5. The predicted octanol–water partition coefficient (Wildman–Crippen LogP) is 3.52. The van der Waals surface area contributed by atoms with Gasteiger partial charge in [0.15, 0.2) is 0 Å². The summed E-state index contributed by atoms with van der Waals surface area (Å²) in [4.78, 5) is 8.77. The van der Waals surface area contributed by atoms with E-state index in [1.165, 1.54) is 0 Å². The number of hydrogen-bond donors (Lipinski definition) is 0. The molecular formula is C16H16ClN3O. The van der Waals surface area contributed by atoms with Crippen molar-refractivity contribution in [2.24, 2.45) is 0 Å². The molecule has 4 nitrogen and oxygen atoms in total. The second-order valence-electron chi connectivity index (χ2n) is 4.82. The normalized spacial score (nSPS) is 11.0. The molecule has 0 saturated heterocycles. The van der Waals surface area contributed by atoms with Gasteiger partial charge in [-0.05, 0) is 36.8 Å². The van der Waals surface area contributed by atoms with Crippen LogP contribution in [-0.2, 0) is 6.42 Å². The number of methoxy groups -OCH3 is 1. The van der Waals surface area contributed by atoms with E-state index in [4.69, 9.17) is 16.3 Å². The molecular weight excluding hydrogens is 286 g/mol. The van der Waals surface area contributed by atoms with Gasteiger partial charge in [0.05, 0.1) is 18.8 Å². The lowest BCUT2D eigenvalue weighted by Gasteiger charge is -2.11. The van der Waals surface area contributed by atoms with Crippen molar-refractivity contribution in [3.8, 4) is 11.4 Å². The molecule has 3 rings (SSSR count). The molecule has 0 saturated carbocycles. The van der Waals surface area contributed by atoms with Crippen LogP contribution in [0, 0.1) is 6.92 Å². The first-order valence-electron chi connectivity index (χ1n) is 6.77. The number of benzene rings is 1. The highest BCUT2D eigenvalue weighted by Crippen LogP contribution is 2.25. The van der Waals surface area contributed by atoms with Crippen molar-refractivity contribution in [1.29, 1.82) is 0 Å². The number of nitrogens with zero attached hydrogens (tertiary/aromatic N) is 3. The number of halogens is 1. The molecule has 0 unspecified atom stereocenters. The van der Waals surface area contributed by atoms with Crippen molar-refractivity contribution in [3.05, 3.63) is 48.0 Å². The van der Waals surface area contributed by atoms with Gasteiger partial charge in [-0.25, -0.2) is 4.98 Å². The van der Waals surface area contributed by atoms with Gasteiger partial charge in [0.2, 0.25) is 0 Å². The fraction of sp³-hybridized carbons (Fsp3) is 0.250. The maximum Gasteiger partial charge on any atom is 0.121 e. The van der Waals surface area contributed by atoms with E-state index >= 15 is 0 Å². The van der Waals surface area contributed by atoms with Gasteiger partial charge in [-0.3, -0.25) is 9.55 Å². The first-order chi connectivity index (χ1) is 10.2. The molecule has 5 heteroatoms. The SMILES string of the molecule is COc1ccc(-n2c(CCCl)nc3cnccc32)cc1C.